The molecule has 1 saturated heterocycles. The van der Waals surface area contributed by atoms with Crippen molar-refractivity contribution in [2.24, 2.45) is 5.73 Å². The number of hydrogen-bond acceptors (Lipinski definition) is 5. The highest BCUT2D eigenvalue weighted by atomic mass is 16.5. The number of carbonyl (C=O) groups excluding carboxylic acids is 1. The number of nitrogens with zero attached hydrogens (tertiary/aromatic N) is 3. The molecular formula is C18H24N4O3. The van der Waals surface area contributed by atoms with Crippen LogP contribution in [0.1, 0.15) is 25.0 Å². The Bertz CT molecular complexity index is 745. The molecule has 0 aliphatic carbocycles. The summed E-state index contributed by atoms with van der Waals surface area (Å²) in [6.45, 7) is 1.91. The number of β-amino-alcohol motifs (C(OH)–C–C–N with tert-alkyl or cyclic N) is 1. The standard InChI is InChI=1S/C18H24N4O3/c1-25-16-6-3-2-5-15(16)22-14(7-9-20-22)12-21-10-4-8-18(24,13-21)11-17(19)23/h2-3,5-7,9,24H,4,8,10-13H2,1H3,(H2,19,23). The van der Waals surface area contributed by atoms with Crippen LogP contribution in [-0.4, -0.2) is 51.5 Å². The molecule has 7 heteroatoms. The van der Waals surface area contributed by atoms with Gasteiger partial charge in [-0.3, -0.25) is 9.69 Å². The molecule has 0 bridgehead atoms. The van der Waals surface area contributed by atoms with Crippen molar-refractivity contribution in [2.45, 2.75) is 31.4 Å². The fourth-order valence-corrected chi connectivity index (χ4v) is 3.51. The van der Waals surface area contributed by atoms with Crippen LogP contribution in [0.3, 0.4) is 0 Å². The second kappa shape index (κ2) is 7.25. The number of amides is 1. The summed E-state index contributed by atoms with van der Waals surface area (Å²) in [5.41, 5.74) is 6.10. The molecule has 2 heterocycles. The van der Waals surface area contributed by atoms with Gasteiger partial charge in [0.2, 0.25) is 5.91 Å². The zero-order chi connectivity index (χ0) is 17.9. The van der Waals surface area contributed by atoms with Gasteiger partial charge in [0.1, 0.15) is 11.4 Å². The van der Waals surface area contributed by atoms with Crippen molar-refractivity contribution in [2.75, 3.05) is 20.2 Å². The van der Waals surface area contributed by atoms with E-state index in [0.717, 1.165) is 30.1 Å². The lowest BCUT2D eigenvalue weighted by Crippen LogP contribution is -2.49. The third-order valence-electron chi connectivity index (χ3n) is 4.56. The minimum atomic E-state index is -1.04. The molecule has 1 aliphatic heterocycles. The van der Waals surface area contributed by atoms with Crippen molar-refractivity contribution in [3.8, 4) is 11.4 Å². The first-order valence-corrected chi connectivity index (χ1v) is 8.40. The van der Waals surface area contributed by atoms with Gasteiger partial charge in [-0.25, -0.2) is 4.68 Å². The predicted molar refractivity (Wildman–Crippen MR) is 93.4 cm³/mol. The van der Waals surface area contributed by atoms with Crippen LogP contribution in [0.25, 0.3) is 5.69 Å². The number of ether oxygens (including phenoxy) is 1. The zero-order valence-corrected chi connectivity index (χ0v) is 14.4. The largest absolute Gasteiger partial charge is 0.494 e. The second-order valence-electron chi connectivity index (χ2n) is 6.59. The fraction of sp³-hybridized carbons (Fsp3) is 0.444. The van der Waals surface area contributed by atoms with E-state index >= 15 is 0 Å². The molecule has 1 aromatic carbocycles. The third-order valence-corrected chi connectivity index (χ3v) is 4.56. The number of primary amides is 1. The molecule has 1 unspecified atom stereocenters. The van der Waals surface area contributed by atoms with Gasteiger partial charge in [-0.2, -0.15) is 5.10 Å². The Balaban J connectivity index is 1.78. The molecule has 2 aromatic rings. The van der Waals surface area contributed by atoms with Crippen LogP contribution in [0, 0.1) is 0 Å². The molecule has 7 nitrogen and oxygen atoms in total. The number of carbonyl (C=O) groups is 1. The average Bonchev–Trinajstić information content (AvgIpc) is 3.01. The van der Waals surface area contributed by atoms with E-state index in [-0.39, 0.29) is 6.42 Å². The Hall–Kier alpha value is -2.38. The van der Waals surface area contributed by atoms with Crippen molar-refractivity contribution in [3.63, 3.8) is 0 Å². The molecule has 1 atom stereocenters. The Morgan fingerprint density at radius 2 is 2.20 bits per heavy atom. The monoisotopic (exact) mass is 344 g/mol. The van der Waals surface area contributed by atoms with Gasteiger partial charge in [0.05, 0.1) is 24.8 Å². The molecule has 3 N–H and O–H groups in total. The first-order valence-electron chi connectivity index (χ1n) is 8.40. The van der Waals surface area contributed by atoms with Crippen molar-refractivity contribution in [1.82, 2.24) is 14.7 Å². The lowest BCUT2D eigenvalue weighted by Gasteiger charge is -2.38. The number of hydrogen-bond donors (Lipinski definition) is 2. The van der Waals surface area contributed by atoms with Gasteiger partial charge in [0.25, 0.3) is 0 Å². The van der Waals surface area contributed by atoms with Crippen molar-refractivity contribution in [1.29, 1.82) is 0 Å². The number of aromatic nitrogens is 2. The summed E-state index contributed by atoms with van der Waals surface area (Å²) >= 11 is 0. The van der Waals surface area contributed by atoms with Crippen LogP contribution in [0.2, 0.25) is 0 Å². The van der Waals surface area contributed by atoms with Crippen LogP contribution in [0.15, 0.2) is 36.5 Å². The predicted octanol–water partition coefficient (Wildman–Crippen LogP) is 1.08. The van der Waals surface area contributed by atoms with Crippen LogP contribution in [-0.2, 0) is 11.3 Å². The zero-order valence-electron chi connectivity index (χ0n) is 14.4. The van der Waals surface area contributed by atoms with Gasteiger partial charge >= 0.3 is 0 Å². The van der Waals surface area contributed by atoms with Gasteiger partial charge in [-0.15, -0.1) is 0 Å². The minimum absolute atomic E-state index is 0.00469. The number of benzene rings is 1. The smallest absolute Gasteiger partial charge is 0.220 e. The number of rotatable bonds is 6. The molecule has 1 aromatic heterocycles. The summed E-state index contributed by atoms with van der Waals surface area (Å²) in [7, 11) is 1.64. The van der Waals surface area contributed by atoms with Gasteiger partial charge in [0, 0.05) is 19.3 Å². The van der Waals surface area contributed by atoms with E-state index in [1.165, 1.54) is 0 Å². The summed E-state index contributed by atoms with van der Waals surface area (Å²) < 4.78 is 7.27. The molecule has 0 radical (unpaired) electrons. The Labute approximate surface area is 147 Å². The van der Waals surface area contributed by atoms with E-state index < -0.39 is 11.5 Å². The average molecular weight is 344 g/mol. The summed E-state index contributed by atoms with van der Waals surface area (Å²) in [5.74, 6) is 0.278. The summed E-state index contributed by atoms with van der Waals surface area (Å²) in [6.07, 6.45) is 3.17. The van der Waals surface area contributed by atoms with Crippen molar-refractivity contribution >= 4 is 5.91 Å². The number of methoxy groups -OCH3 is 1. The van der Waals surface area contributed by atoms with E-state index in [2.05, 4.69) is 10.00 Å². The molecule has 134 valence electrons. The molecule has 3 rings (SSSR count). The van der Waals surface area contributed by atoms with Crippen LogP contribution in [0.5, 0.6) is 5.75 Å². The quantitative estimate of drug-likeness (QED) is 0.818. The summed E-state index contributed by atoms with van der Waals surface area (Å²) in [5, 5.41) is 15.0. The highest BCUT2D eigenvalue weighted by molar-refractivity contribution is 5.75. The maximum Gasteiger partial charge on any atom is 0.220 e. The van der Waals surface area contributed by atoms with E-state index in [0.29, 0.717) is 19.5 Å². The maximum atomic E-state index is 11.2. The van der Waals surface area contributed by atoms with Gasteiger partial charge in [-0.1, -0.05) is 12.1 Å². The first-order chi connectivity index (χ1) is 12.0. The SMILES string of the molecule is COc1ccccc1-n1nccc1CN1CCCC(O)(CC(N)=O)C1. The second-order valence-corrected chi connectivity index (χ2v) is 6.59. The van der Waals surface area contributed by atoms with Crippen LogP contribution < -0.4 is 10.5 Å². The third kappa shape index (κ3) is 4.00. The number of piperidine rings is 1. The van der Waals surface area contributed by atoms with Gasteiger partial charge in [0.15, 0.2) is 0 Å². The molecule has 0 spiro atoms. The highest BCUT2D eigenvalue weighted by Gasteiger charge is 2.35. The minimum Gasteiger partial charge on any atom is -0.494 e. The van der Waals surface area contributed by atoms with Crippen molar-refractivity contribution in [3.05, 3.63) is 42.2 Å². The van der Waals surface area contributed by atoms with E-state index in [1.807, 2.05) is 35.0 Å². The lowest BCUT2D eigenvalue weighted by molar-refractivity contribution is -0.125. The topological polar surface area (TPSA) is 93.6 Å². The summed E-state index contributed by atoms with van der Waals surface area (Å²) in [4.78, 5) is 13.4. The molecular weight excluding hydrogens is 320 g/mol. The van der Waals surface area contributed by atoms with Crippen LogP contribution in [0.4, 0.5) is 0 Å². The molecule has 0 saturated carbocycles. The summed E-state index contributed by atoms with van der Waals surface area (Å²) in [6, 6.07) is 9.66. The molecule has 1 amide bonds. The van der Waals surface area contributed by atoms with Gasteiger partial charge < -0.3 is 15.6 Å². The normalized spacial score (nSPS) is 21.2. The molecule has 1 fully saturated rings. The van der Waals surface area contributed by atoms with E-state index in [4.69, 9.17) is 10.5 Å². The molecule has 25 heavy (non-hydrogen) atoms. The van der Waals surface area contributed by atoms with E-state index in [9.17, 15) is 9.90 Å². The Morgan fingerprint density at radius 3 is 2.96 bits per heavy atom. The molecule has 1 aliphatic rings. The number of para-hydroxylation sites is 2. The first kappa shape index (κ1) is 17.4. The number of aliphatic hydroxyl groups is 1. The lowest BCUT2D eigenvalue weighted by atomic mass is 9.89. The van der Waals surface area contributed by atoms with Gasteiger partial charge in [-0.05, 0) is 37.6 Å². The highest BCUT2D eigenvalue weighted by Crippen LogP contribution is 2.27. The fourth-order valence-electron chi connectivity index (χ4n) is 3.51. The Kier molecular flexibility index (Phi) is 5.06. The Morgan fingerprint density at radius 1 is 1.40 bits per heavy atom. The number of likely N-dealkylation sites (tertiary alicyclic amines) is 1. The van der Waals surface area contributed by atoms with E-state index in [1.54, 1.807) is 13.3 Å². The van der Waals surface area contributed by atoms with Crippen molar-refractivity contribution < 1.29 is 14.6 Å². The maximum absolute atomic E-state index is 11.2. The van der Waals surface area contributed by atoms with Crippen LogP contribution >= 0.6 is 0 Å². The number of nitrogens with two attached hydrogens (primary N) is 1.